The molecule has 29 heavy (non-hydrogen) atoms. The molecule has 0 saturated carbocycles. The lowest BCUT2D eigenvalue weighted by Gasteiger charge is -2.11. The molecule has 1 N–H and O–H groups in total. The quantitative estimate of drug-likeness (QED) is 0.490. The van der Waals surface area contributed by atoms with Gasteiger partial charge in [0.05, 0.1) is 18.5 Å². The number of hydrogen-bond donors (Lipinski definition) is 1. The maximum Gasteiger partial charge on any atom is 0.240 e. The van der Waals surface area contributed by atoms with Crippen molar-refractivity contribution >= 4 is 17.2 Å². The Balaban J connectivity index is 1.44. The van der Waals surface area contributed by atoms with Crippen LogP contribution in [-0.4, -0.2) is 22.6 Å². The Morgan fingerprint density at radius 2 is 1.86 bits per heavy atom. The van der Waals surface area contributed by atoms with E-state index in [1.807, 2.05) is 82.9 Å². The van der Waals surface area contributed by atoms with Crippen LogP contribution in [0.1, 0.15) is 5.56 Å². The van der Waals surface area contributed by atoms with Gasteiger partial charge in [0, 0.05) is 29.2 Å². The molecule has 0 aliphatic heterocycles. The van der Waals surface area contributed by atoms with Crippen molar-refractivity contribution in [1.29, 1.82) is 0 Å². The number of aromatic nitrogens is 2. The van der Waals surface area contributed by atoms with Crippen LogP contribution in [0, 0.1) is 0 Å². The second kappa shape index (κ2) is 8.75. The summed E-state index contributed by atoms with van der Waals surface area (Å²) in [6.07, 6.45) is 1.90. The Labute approximate surface area is 173 Å². The van der Waals surface area contributed by atoms with Gasteiger partial charge in [-0.25, -0.2) is 4.98 Å². The summed E-state index contributed by atoms with van der Waals surface area (Å²) in [4.78, 5) is 17.3. The fourth-order valence-electron chi connectivity index (χ4n) is 3.13. The van der Waals surface area contributed by atoms with Crippen molar-refractivity contribution in [2.45, 2.75) is 13.1 Å². The lowest BCUT2D eigenvalue weighted by atomic mass is 10.2. The van der Waals surface area contributed by atoms with Crippen molar-refractivity contribution in [2.24, 2.45) is 0 Å². The fraction of sp³-hybridized carbons (Fsp3) is 0.130. The number of amides is 1. The lowest BCUT2D eigenvalue weighted by molar-refractivity contribution is -0.121. The molecule has 6 heteroatoms. The molecule has 0 spiro atoms. The Bertz CT molecular complexity index is 1100. The van der Waals surface area contributed by atoms with E-state index in [0.29, 0.717) is 6.54 Å². The van der Waals surface area contributed by atoms with Crippen molar-refractivity contribution in [3.8, 4) is 27.7 Å². The summed E-state index contributed by atoms with van der Waals surface area (Å²) >= 11 is 1.58. The van der Waals surface area contributed by atoms with Crippen LogP contribution < -0.4 is 10.1 Å². The van der Waals surface area contributed by atoms with E-state index in [1.54, 1.807) is 18.4 Å². The van der Waals surface area contributed by atoms with Gasteiger partial charge in [-0.1, -0.05) is 48.5 Å². The maximum absolute atomic E-state index is 12.5. The van der Waals surface area contributed by atoms with E-state index < -0.39 is 0 Å². The van der Waals surface area contributed by atoms with E-state index in [0.717, 1.165) is 33.3 Å². The molecule has 2 aromatic heterocycles. The summed E-state index contributed by atoms with van der Waals surface area (Å²) < 4.78 is 7.26. The van der Waals surface area contributed by atoms with Crippen molar-refractivity contribution in [3.05, 3.63) is 83.9 Å². The molecule has 0 unspecified atom stereocenters. The van der Waals surface area contributed by atoms with Gasteiger partial charge in [0.25, 0.3) is 0 Å². The van der Waals surface area contributed by atoms with Gasteiger partial charge in [-0.2, -0.15) is 0 Å². The van der Waals surface area contributed by atoms with Crippen LogP contribution >= 0.6 is 11.3 Å². The largest absolute Gasteiger partial charge is 0.496 e. The summed E-state index contributed by atoms with van der Waals surface area (Å²) in [5.41, 5.74) is 3.91. The minimum atomic E-state index is -0.0619. The first-order valence-electron chi connectivity index (χ1n) is 9.29. The zero-order valence-corrected chi connectivity index (χ0v) is 16.9. The van der Waals surface area contributed by atoms with Crippen molar-refractivity contribution in [1.82, 2.24) is 14.9 Å². The molecule has 0 saturated heterocycles. The molecule has 4 rings (SSSR count). The molecule has 0 atom stereocenters. The number of hydrogen-bond acceptors (Lipinski definition) is 4. The van der Waals surface area contributed by atoms with Crippen LogP contribution in [0.3, 0.4) is 0 Å². The van der Waals surface area contributed by atoms with Crippen LogP contribution in [-0.2, 0) is 17.9 Å². The number of para-hydroxylation sites is 1. The van der Waals surface area contributed by atoms with Crippen LogP contribution in [0.25, 0.3) is 22.0 Å². The summed E-state index contributed by atoms with van der Waals surface area (Å²) in [6.45, 7) is 0.659. The van der Waals surface area contributed by atoms with Crippen LogP contribution in [0.15, 0.2) is 78.3 Å². The molecule has 146 valence electrons. The highest BCUT2D eigenvalue weighted by Crippen LogP contribution is 2.29. The molecule has 4 aromatic rings. The van der Waals surface area contributed by atoms with Crippen LogP contribution in [0.5, 0.6) is 5.75 Å². The van der Waals surface area contributed by atoms with Gasteiger partial charge in [0.2, 0.25) is 5.91 Å². The van der Waals surface area contributed by atoms with E-state index in [2.05, 4.69) is 5.32 Å². The number of nitrogens with zero attached hydrogens (tertiary/aromatic N) is 2. The van der Waals surface area contributed by atoms with E-state index in [4.69, 9.17) is 9.72 Å². The summed E-state index contributed by atoms with van der Waals surface area (Å²) in [7, 11) is 1.63. The first kappa shape index (κ1) is 19.0. The molecular weight excluding hydrogens is 382 g/mol. The molecular formula is C23H21N3O2S. The highest BCUT2D eigenvalue weighted by atomic mass is 32.1. The van der Waals surface area contributed by atoms with E-state index in [-0.39, 0.29) is 12.5 Å². The second-order valence-corrected chi connectivity index (χ2v) is 7.37. The summed E-state index contributed by atoms with van der Waals surface area (Å²) in [5, 5.41) is 5.91. The van der Waals surface area contributed by atoms with Gasteiger partial charge in [-0.05, 0) is 18.2 Å². The van der Waals surface area contributed by atoms with Crippen molar-refractivity contribution < 1.29 is 9.53 Å². The van der Waals surface area contributed by atoms with Crippen LogP contribution in [0.4, 0.5) is 0 Å². The van der Waals surface area contributed by atoms with Gasteiger partial charge >= 0.3 is 0 Å². The van der Waals surface area contributed by atoms with Crippen molar-refractivity contribution in [2.75, 3.05) is 7.11 Å². The minimum Gasteiger partial charge on any atom is -0.496 e. The van der Waals surface area contributed by atoms with Gasteiger partial charge in [0.15, 0.2) is 0 Å². The van der Waals surface area contributed by atoms with Gasteiger partial charge < -0.3 is 14.6 Å². The third kappa shape index (κ3) is 4.38. The highest BCUT2D eigenvalue weighted by molar-refractivity contribution is 7.13. The minimum absolute atomic E-state index is 0.0619. The Morgan fingerprint density at radius 3 is 2.69 bits per heavy atom. The smallest absolute Gasteiger partial charge is 0.240 e. The third-order valence-electron chi connectivity index (χ3n) is 4.60. The maximum atomic E-state index is 12.5. The third-order valence-corrected chi connectivity index (χ3v) is 5.47. The topological polar surface area (TPSA) is 56.1 Å². The summed E-state index contributed by atoms with van der Waals surface area (Å²) in [5.74, 6) is 0.707. The molecule has 0 fully saturated rings. The van der Waals surface area contributed by atoms with Gasteiger partial charge in [-0.15, -0.1) is 11.3 Å². The van der Waals surface area contributed by atoms with Gasteiger partial charge in [0.1, 0.15) is 17.3 Å². The summed E-state index contributed by atoms with van der Waals surface area (Å²) in [6, 6.07) is 21.7. The van der Waals surface area contributed by atoms with E-state index in [9.17, 15) is 4.79 Å². The molecule has 2 aromatic carbocycles. The molecule has 0 aliphatic rings. The predicted molar refractivity (Wildman–Crippen MR) is 116 cm³/mol. The predicted octanol–water partition coefficient (Wildman–Crippen LogP) is 4.60. The molecule has 5 nitrogen and oxygen atoms in total. The molecule has 1 amide bonds. The van der Waals surface area contributed by atoms with Gasteiger partial charge in [-0.3, -0.25) is 4.79 Å². The normalized spacial score (nSPS) is 10.7. The number of rotatable bonds is 7. The molecule has 2 heterocycles. The van der Waals surface area contributed by atoms with E-state index >= 15 is 0 Å². The SMILES string of the molecule is COc1ccccc1CNC(=O)Cn1cccc1-c1nc(-c2ccccc2)cs1. The molecule has 0 bridgehead atoms. The first-order valence-corrected chi connectivity index (χ1v) is 10.2. The van der Waals surface area contributed by atoms with E-state index in [1.165, 1.54) is 0 Å². The lowest BCUT2D eigenvalue weighted by Crippen LogP contribution is -2.27. The number of carbonyl (C=O) groups excluding carboxylic acids is 1. The highest BCUT2D eigenvalue weighted by Gasteiger charge is 2.13. The van der Waals surface area contributed by atoms with Crippen LogP contribution in [0.2, 0.25) is 0 Å². The average Bonchev–Trinajstić information content (AvgIpc) is 3.42. The monoisotopic (exact) mass is 403 g/mol. The Kier molecular flexibility index (Phi) is 5.72. The number of benzene rings is 2. The number of thiazole rings is 1. The number of nitrogens with one attached hydrogen (secondary N) is 1. The second-order valence-electron chi connectivity index (χ2n) is 6.51. The van der Waals surface area contributed by atoms with Crippen molar-refractivity contribution in [3.63, 3.8) is 0 Å². The fourth-order valence-corrected chi connectivity index (χ4v) is 4.00. The zero-order valence-electron chi connectivity index (χ0n) is 16.0. The average molecular weight is 404 g/mol. The number of ether oxygens (including phenoxy) is 1. The standard InChI is InChI=1S/C23H21N3O2S/c1-28-21-12-6-5-10-18(21)14-24-22(27)15-26-13-7-11-20(26)23-25-19(16-29-23)17-8-3-2-4-9-17/h2-13,16H,14-15H2,1H3,(H,24,27). The Morgan fingerprint density at radius 1 is 1.07 bits per heavy atom. The first-order chi connectivity index (χ1) is 14.2. The zero-order chi connectivity index (χ0) is 20.1. The number of methoxy groups -OCH3 is 1. The molecule has 0 aliphatic carbocycles. The Hall–Kier alpha value is -3.38. The number of carbonyl (C=O) groups is 1. The molecule has 0 radical (unpaired) electrons.